The molecule has 0 aliphatic rings. The fraction of sp³-hybridized carbons (Fsp3) is 1.00. The van der Waals surface area contributed by atoms with Crippen LogP contribution < -0.4 is 0 Å². The fourth-order valence-corrected chi connectivity index (χ4v) is 0.289. The minimum absolute atomic E-state index is 0.855. The number of hydrogen-bond donors (Lipinski definition) is 2. The molecule has 7 heteroatoms. The summed E-state index contributed by atoms with van der Waals surface area (Å²) in [6.07, 6.45) is 0. The summed E-state index contributed by atoms with van der Waals surface area (Å²) in [4.78, 5) is 0. The maximum absolute atomic E-state index is 8.74. The van der Waals surface area contributed by atoms with Gasteiger partial charge in [0.25, 0.3) is 0 Å². The Bertz CT molecular complexity index is 142. The molecule has 0 spiro atoms. The molecule has 5 nitrogen and oxygen atoms in total. The molecule has 0 aromatic carbocycles. The third-order valence-corrected chi connectivity index (χ3v) is 0.553. The van der Waals surface area contributed by atoms with Gasteiger partial charge in [0.15, 0.2) is 0 Å². The molecular weight excluding hydrogens is 167 g/mol. The Labute approximate surface area is 75.9 Å². The summed E-state index contributed by atoms with van der Waals surface area (Å²) in [6.45, 7) is 3.78. The third-order valence-electron chi connectivity index (χ3n) is 0.553. The summed E-state index contributed by atoms with van der Waals surface area (Å²) in [5.41, 5.74) is 0. The molecule has 0 rings (SSSR count). The van der Waals surface area contributed by atoms with Crippen molar-refractivity contribution in [2.75, 3.05) is 13.2 Å². The molecule has 11 heavy (non-hydrogen) atoms. The molecule has 0 aromatic rings. The van der Waals surface area contributed by atoms with Crippen molar-refractivity contribution < 1.29 is 22.3 Å². The zero-order chi connectivity index (χ0) is 9.33. The van der Waals surface area contributed by atoms with Crippen LogP contribution in [0.5, 0.6) is 0 Å². The minimum atomic E-state index is -4.67. The van der Waals surface area contributed by atoms with Gasteiger partial charge in [-0.05, 0) is 0 Å². The molecule has 0 aromatic heterocycles. The van der Waals surface area contributed by atoms with E-state index in [-0.39, 0.29) is 0 Å². The van der Waals surface area contributed by atoms with Crippen LogP contribution in [-0.4, -0.2) is 48.5 Å². The first-order valence-corrected chi connectivity index (χ1v) is 4.59. The maximum atomic E-state index is 8.74. The molecule has 64 valence electrons. The van der Waals surface area contributed by atoms with Crippen LogP contribution in [0, 0.1) is 0 Å². The summed E-state index contributed by atoms with van der Waals surface area (Å²) >= 11 is 2.11. The average Bonchev–Trinajstić information content (AvgIpc) is 1.79. The van der Waals surface area contributed by atoms with Crippen LogP contribution >= 0.6 is 0 Å². The number of rotatable bonds is 3. The van der Waals surface area contributed by atoms with Crippen LogP contribution in [0.15, 0.2) is 0 Å². The fourth-order valence-electron chi connectivity index (χ4n) is 0.289. The molecular formula is C4H11LiO5S. The zero-order valence-corrected chi connectivity index (χ0v) is 7.47. The van der Waals surface area contributed by atoms with Crippen LogP contribution in [0.4, 0.5) is 0 Å². The van der Waals surface area contributed by atoms with Crippen molar-refractivity contribution >= 4 is 28.1 Å². The third kappa shape index (κ3) is 63.0. The van der Waals surface area contributed by atoms with Gasteiger partial charge in [-0.25, -0.2) is 0 Å². The van der Waals surface area contributed by atoms with Gasteiger partial charge < -0.3 is 0 Å². The van der Waals surface area contributed by atoms with Gasteiger partial charge in [0.05, 0.1) is 0 Å². The Morgan fingerprint density at radius 2 is 1.82 bits per heavy atom. The van der Waals surface area contributed by atoms with E-state index in [1.165, 1.54) is 0 Å². The summed E-state index contributed by atoms with van der Waals surface area (Å²) in [5, 5.41) is 1.13. The predicted molar refractivity (Wildman–Crippen MR) is 41.2 cm³/mol. The van der Waals surface area contributed by atoms with E-state index in [2.05, 4.69) is 17.7 Å². The van der Waals surface area contributed by atoms with Crippen LogP contribution in [0.3, 0.4) is 0 Å². The van der Waals surface area contributed by atoms with Crippen molar-refractivity contribution in [3.63, 3.8) is 0 Å². The van der Waals surface area contributed by atoms with E-state index in [4.69, 9.17) is 22.3 Å². The van der Waals surface area contributed by atoms with Crippen molar-refractivity contribution in [2.45, 2.75) is 12.0 Å². The molecule has 0 fully saturated rings. The van der Waals surface area contributed by atoms with E-state index in [0.29, 0.717) is 0 Å². The van der Waals surface area contributed by atoms with Crippen molar-refractivity contribution in [2.24, 2.45) is 0 Å². The monoisotopic (exact) mass is 178 g/mol. The second-order valence-electron chi connectivity index (χ2n) is 1.64. The van der Waals surface area contributed by atoms with E-state index < -0.39 is 10.4 Å². The zero-order valence-electron chi connectivity index (χ0n) is 6.65. The van der Waals surface area contributed by atoms with E-state index in [0.717, 1.165) is 18.3 Å². The Kier molecular flexibility index (Phi) is 10.8. The van der Waals surface area contributed by atoms with Crippen LogP contribution in [0.2, 0.25) is 5.09 Å². The Hall–Kier alpha value is 0.427. The van der Waals surface area contributed by atoms with Crippen molar-refractivity contribution in [3.8, 4) is 0 Å². The first-order valence-electron chi connectivity index (χ1n) is 3.19. The molecule has 0 heterocycles. The number of ether oxygens (including phenoxy) is 1. The summed E-state index contributed by atoms with van der Waals surface area (Å²) in [6, 6.07) is 0. The van der Waals surface area contributed by atoms with Gasteiger partial charge in [-0.15, -0.1) is 0 Å². The Balaban J connectivity index is 0. The van der Waals surface area contributed by atoms with Crippen LogP contribution in [0.25, 0.3) is 0 Å². The van der Waals surface area contributed by atoms with E-state index in [9.17, 15) is 0 Å². The molecule has 2 N–H and O–H groups in total. The Morgan fingerprint density at radius 3 is 1.91 bits per heavy atom. The summed E-state index contributed by atoms with van der Waals surface area (Å²) in [7, 11) is -4.67. The average molecular weight is 178 g/mol. The second kappa shape index (κ2) is 8.52. The molecule has 0 amide bonds. The van der Waals surface area contributed by atoms with Gasteiger partial charge in [-0.3, -0.25) is 9.11 Å². The SMILES string of the molecule is O=S(=O)(O)O.[Li][CH2]COCC. The molecule has 0 bridgehead atoms. The second-order valence-corrected chi connectivity index (χ2v) is 2.54. The first kappa shape index (κ1) is 14.0. The number of hydrogen-bond acceptors (Lipinski definition) is 3. The van der Waals surface area contributed by atoms with Crippen molar-refractivity contribution in [1.82, 2.24) is 0 Å². The summed E-state index contributed by atoms with van der Waals surface area (Å²) < 4.78 is 36.6. The first-order chi connectivity index (χ1) is 4.91. The van der Waals surface area contributed by atoms with Crippen molar-refractivity contribution in [1.29, 1.82) is 0 Å². The van der Waals surface area contributed by atoms with E-state index in [1.807, 2.05) is 6.92 Å². The molecule has 0 unspecified atom stereocenters. The van der Waals surface area contributed by atoms with Crippen LogP contribution in [-0.2, 0) is 15.1 Å². The molecule has 0 aliphatic carbocycles. The van der Waals surface area contributed by atoms with Crippen molar-refractivity contribution in [3.05, 3.63) is 0 Å². The molecule has 0 saturated heterocycles. The van der Waals surface area contributed by atoms with Gasteiger partial charge in [-0.1, -0.05) is 0 Å². The van der Waals surface area contributed by atoms with E-state index in [1.54, 1.807) is 0 Å². The predicted octanol–water partition coefficient (Wildman–Crippen LogP) is -0.0431. The van der Waals surface area contributed by atoms with Crippen LogP contribution in [0.1, 0.15) is 6.92 Å². The molecule has 0 atom stereocenters. The van der Waals surface area contributed by atoms with Gasteiger partial charge >= 0.3 is 58.1 Å². The normalized spacial score (nSPS) is 10.3. The standard InChI is InChI=1S/C4H9O.Li.H2O4S/c1-3-5-4-2;;1-5(2,3)4/h1,3-4H2,2H3;;(H2,1,2,3,4). The summed E-state index contributed by atoms with van der Waals surface area (Å²) in [5.74, 6) is 0. The van der Waals surface area contributed by atoms with Gasteiger partial charge in [0.2, 0.25) is 0 Å². The van der Waals surface area contributed by atoms with E-state index >= 15 is 0 Å². The van der Waals surface area contributed by atoms with Gasteiger partial charge in [0.1, 0.15) is 0 Å². The topological polar surface area (TPSA) is 83.8 Å². The molecule has 0 radical (unpaired) electrons. The van der Waals surface area contributed by atoms with Gasteiger partial charge in [0, 0.05) is 0 Å². The van der Waals surface area contributed by atoms with Gasteiger partial charge in [-0.2, -0.15) is 8.42 Å². The molecule has 0 aliphatic heterocycles. The quantitative estimate of drug-likeness (QED) is 0.360. The Morgan fingerprint density at radius 1 is 1.45 bits per heavy atom. The molecule has 0 saturated carbocycles.